The quantitative estimate of drug-likeness (QED) is 0.672. The van der Waals surface area contributed by atoms with E-state index in [2.05, 4.69) is 9.97 Å². The monoisotopic (exact) mass is 394 g/mol. The summed E-state index contributed by atoms with van der Waals surface area (Å²) in [5.74, 6) is 0.562. The van der Waals surface area contributed by atoms with Crippen LogP contribution in [0.3, 0.4) is 0 Å². The molecular formula is C18H17F3N4OS. The largest absolute Gasteiger partial charge is 0.417 e. The Morgan fingerprint density at radius 3 is 2.70 bits per heavy atom. The molecule has 0 saturated heterocycles. The molecule has 3 aromatic rings. The van der Waals surface area contributed by atoms with E-state index in [4.69, 9.17) is 5.73 Å². The van der Waals surface area contributed by atoms with Gasteiger partial charge in [-0.3, -0.25) is 4.79 Å². The zero-order valence-electron chi connectivity index (χ0n) is 14.3. The van der Waals surface area contributed by atoms with E-state index in [0.29, 0.717) is 5.82 Å². The first-order valence-electron chi connectivity index (χ1n) is 8.67. The second-order valence-corrected chi connectivity index (χ2v) is 7.73. The Kier molecular flexibility index (Phi) is 4.41. The Labute approximate surface area is 156 Å². The van der Waals surface area contributed by atoms with Gasteiger partial charge in [0.05, 0.1) is 17.5 Å². The molecule has 1 aliphatic carbocycles. The number of aryl methyl sites for hydroxylation is 2. The molecule has 0 atom stereocenters. The Bertz CT molecular complexity index is 1070. The third-order valence-corrected chi connectivity index (χ3v) is 5.95. The Balaban J connectivity index is 1.75. The highest BCUT2D eigenvalue weighted by atomic mass is 32.1. The van der Waals surface area contributed by atoms with Gasteiger partial charge >= 0.3 is 6.18 Å². The SMILES string of the molecule is Nc1nc(Cn2cc(C(F)(F)F)ccc2=O)nc2sc3c(c12)CCCCC3. The molecule has 0 aliphatic heterocycles. The van der Waals surface area contributed by atoms with E-state index in [0.717, 1.165) is 58.8 Å². The van der Waals surface area contributed by atoms with Crippen LogP contribution in [0.25, 0.3) is 10.2 Å². The van der Waals surface area contributed by atoms with Gasteiger partial charge in [-0.1, -0.05) is 6.42 Å². The van der Waals surface area contributed by atoms with E-state index in [1.807, 2.05) is 0 Å². The van der Waals surface area contributed by atoms with Crippen LogP contribution in [0.2, 0.25) is 0 Å². The topological polar surface area (TPSA) is 73.8 Å². The van der Waals surface area contributed by atoms with Crippen molar-refractivity contribution in [2.45, 2.75) is 44.8 Å². The highest BCUT2D eigenvalue weighted by molar-refractivity contribution is 7.19. The number of aromatic nitrogens is 3. The van der Waals surface area contributed by atoms with Crippen molar-refractivity contribution in [1.29, 1.82) is 0 Å². The van der Waals surface area contributed by atoms with Crippen molar-refractivity contribution in [1.82, 2.24) is 14.5 Å². The molecule has 2 N–H and O–H groups in total. The van der Waals surface area contributed by atoms with Crippen LogP contribution >= 0.6 is 11.3 Å². The van der Waals surface area contributed by atoms with Gasteiger partial charge in [-0.25, -0.2) is 9.97 Å². The molecule has 0 radical (unpaired) electrons. The normalized spacial score (nSPS) is 14.9. The minimum atomic E-state index is -4.52. The molecule has 142 valence electrons. The Hall–Kier alpha value is -2.42. The molecule has 1 aliphatic rings. The van der Waals surface area contributed by atoms with Gasteiger partial charge in [0.1, 0.15) is 10.6 Å². The maximum Gasteiger partial charge on any atom is 0.417 e. The van der Waals surface area contributed by atoms with Gasteiger partial charge in [-0.15, -0.1) is 11.3 Å². The summed E-state index contributed by atoms with van der Waals surface area (Å²) in [4.78, 5) is 22.7. The fourth-order valence-corrected chi connectivity index (χ4v) is 4.74. The number of nitrogen functional groups attached to an aromatic ring is 1. The van der Waals surface area contributed by atoms with E-state index in [1.165, 1.54) is 16.9 Å². The minimum absolute atomic E-state index is 0.161. The van der Waals surface area contributed by atoms with Crippen molar-refractivity contribution in [2.24, 2.45) is 0 Å². The van der Waals surface area contributed by atoms with Crippen molar-refractivity contribution in [3.8, 4) is 0 Å². The first kappa shape index (κ1) is 18.0. The predicted octanol–water partition coefficient (Wildman–Crippen LogP) is 3.77. The van der Waals surface area contributed by atoms with Crippen LogP contribution in [0.5, 0.6) is 0 Å². The molecule has 9 heteroatoms. The molecule has 0 aromatic carbocycles. The van der Waals surface area contributed by atoms with Crippen molar-refractivity contribution < 1.29 is 13.2 Å². The van der Waals surface area contributed by atoms with Crippen molar-refractivity contribution in [2.75, 3.05) is 5.73 Å². The number of rotatable bonds is 2. The highest BCUT2D eigenvalue weighted by Gasteiger charge is 2.31. The number of hydrogen-bond acceptors (Lipinski definition) is 5. The number of thiophene rings is 1. The number of nitrogens with two attached hydrogens (primary N) is 1. The van der Waals surface area contributed by atoms with Gasteiger partial charge in [0, 0.05) is 17.1 Å². The molecule has 0 spiro atoms. The molecular weight excluding hydrogens is 377 g/mol. The lowest BCUT2D eigenvalue weighted by molar-refractivity contribution is -0.138. The molecule has 0 fully saturated rings. The number of fused-ring (bicyclic) bond motifs is 3. The zero-order valence-corrected chi connectivity index (χ0v) is 15.2. The van der Waals surface area contributed by atoms with Crippen LogP contribution < -0.4 is 11.3 Å². The summed E-state index contributed by atoms with van der Waals surface area (Å²) in [6, 6.07) is 1.67. The lowest BCUT2D eigenvalue weighted by Crippen LogP contribution is -2.23. The fourth-order valence-electron chi connectivity index (χ4n) is 3.45. The first-order valence-corrected chi connectivity index (χ1v) is 9.49. The lowest BCUT2D eigenvalue weighted by Gasteiger charge is -2.10. The smallest absolute Gasteiger partial charge is 0.383 e. The van der Waals surface area contributed by atoms with E-state index < -0.39 is 17.3 Å². The summed E-state index contributed by atoms with van der Waals surface area (Å²) in [6.07, 6.45) is 1.59. The summed E-state index contributed by atoms with van der Waals surface area (Å²) in [5.41, 5.74) is 5.92. The molecule has 4 rings (SSSR count). The molecule has 5 nitrogen and oxygen atoms in total. The van der Waals surface area contributed by atoms with Crippen molar-refractivity contribution in [3.63, 3.8) is 0 Å². The van der Waals surface area contributed by atoms with Crippen molar-refractivity contribution in [3.05, 3.63) is 50.5 Å². The average molecular weight is 394 g/mol. The maximum atomic E-state index is 12.9. The molecule has 0 bridgehead atoms. The van der Waals surface area contributed by atoms with E-state index in [-0.39, 0.29) is 12.4 Å². The van der Waals surface area contributed by atoms with E-state index in [1.54, 1.807) is 11.3 Å². The molecule has 27 heavy (non-hydrogen) atoms. The number of anilines is 1. The van der Waals surface area contributed by atoms with Gasteiger partial charge < -0.3 is 10.3 Å². The molecule has 0 saturated carbocycles. The fraction of sp³-hybridized carbons (Fsp3) is 0.389. The van der Waals surface area contributed by atoms with Gasteiger partial charge in [0.25, 0.3) is 5.56 Å². The van der Waals surface area contributed by atoms with Crippen LogP contribution in [-0.4, -0.2) is 14.5 Å². The number of alkyl halides is 3. The second-order valence-electron chi connectivity index (χ2n) is 6.65. The van der Waals surface area contributed by atoms with E-state index >= 15 is 0 Å². The van der Waals surface area contributed by atoms with Gasteiger partial charge in [0.15, 0.2) is 5.82 Å². The highest BCUT2D eigenvalue weighted by Crippen LogP contribution is 2.37. The Morgan fingerprint density at radius 2 is 1.93 bits per heavy atom. The minimum Gasteiger partial charge on any atom is -0.383 e. The summed E-state index contributed by atoms with van der Waals surface area (Å²) < 4.78 is 39.7. The lowest BCUT2D eigenvalue weighted by atomic mass is 10.1. The molecule has 0 amide bonds. The summed E-state index contributed by atoms with van der Waals surface area (Å²) in [7, 11) is 0. The predicted molar refractivity (Wildman–Crippen MR) is 97.9 cm³/mol. The number of nitrogens with zero attached hydrogens (tertiary/aromatic N) is 3. The molecule has 0 unspecified atom stereocenters. The van der Waals surface area contributed by atoms with Crippen LogP contribution in [-0.2, 0) is 25.6 Å². The third-order valence-electron chi connectivity index (χ3n) is 4.76. The van der Waals surface area contributed by atoms with Crippen LogP contribution in [0.1, 0.15) is 41.1 Å². The average Bonchev–Trinajstić information content (AvgIpc) is 2.78. The zero-order chi connectivity index (χ0) is 19.2. The summed E-state index contributed by atoms with van der Waals surface area (Å²) >= 11 is 1.57. The maximum absolute atomic E-state index is 12.9. The molecule has 3 heterocycles. The summed E-state index contributed by atoms with van der Waals surface area (Å²) in [5, 5.41) is 0.858. The van der Waals surface area contributed by atoms with E-state index in [9.17, 15) is 18.0 Å². The summed E-state index contributed by atoms with van der Waals surface area (Å²) in [6.45, 7) is -0.161. The van der Waals surface area contributed by atoms with Crippen LogP contribution in [0, 0.1) is 0 Å². The Morgan fingerprint density at radius 1 is 1.15 bits per heavy atom. The second kappa shape index (κ2) is 6.63. The van der Waals surface area contributed by atoms with Gasteiger partial charge in [-0.05, 0) is 37.3 Å². The van der Waals surface area contributed by atoms with Crippen LogP contribution in [0.15, 0.2) is 23.1 Å². The number of halogens is 3. The van der Waals surface area contributed by atoms with Gasteiger partial charge in [-0.2, -0.15) is 13.2 Å². The number of hydrogen-bond donors (Lipinski definition) is 1. The van der Waals surface area contributed by atoms with Gasteiger partial charge in [0.2, 0.25) is 0 Å². The van der Waals surface area contributed by atoms with Crippen molar-refractivity contribution >= 4 is 27.4 Å². The first-order chi connectivity index (χ1) is 12.8. The van der Waals surface area contributed by atoms with Crippen LogP contribution in [0.4, 0.5) is 19.0 Å². The molecule has 3 aromatic heterocycles. The third kappa shape index (κ3) is 3.43. The number of pyridine rings is 1. The standard InChI is InChI=1S/C18H17F3N4OS/c19-18(20,21)10-6-7-14(26)25(8-10)9-13-23-16(22)15-11-4-2-1-3-5-12(11)27-17(15)24-13/h6-8H,1-5,9H2,(H2,22,23,24).